The lowest BCUT2D eigenvalue weighted by Gasteiger charge is -2.35. The molecule has 3 heterocycles. The highest BCUT2D eigenvalue weighted by atomic mass is 79.9. The molecule has 5 heteroatoms. The summed E-state index contributed by atoms with van der Waals surface area (Å²) in [6.07, 6.45) is 5.62. The normalized spacial score (nSPS) is 30.8. The third-order valence-electron chi connectivity index (χ3n) is 4.77. The highest BCUT2D eigenvalue weighted by Crippen LogP contribution is 2.41. The van der Waals surface area contributed by atoms with Crippen molar-refractivity contribution in [3.8, 4) is 0 Å². The molecule has 1 aromatic heterocycles. The lowest BCUT2D eigenvalue weighted by atomic mass is 9.90. The molecule has 104 valence electrons. The molecule has 0 aliphatic carbocycles. The Hall–Kier alpha value is -0.680. The molecule has 3 rings (SSSR count). The molecule has 2 bridgehead atoms. The van der Waals surface area contributed by atoms with Crippen LogP contribution in [0.4, 0.5) is 0 Å². The molecule has 2 fully saturated rings. The number of aromatic nitrogens is 2. The summed E-state index contributed by atoms with van der Waals surface area (Å²) in [4.78, 5) is 22.1. The Morgan fingerprint density at radius 2 is 2.00 bits per heavy atom. The van der Waals surface area contributed by atoms with Crippen LogP contribution < -0.4 is 5.56 Å². The molecule has 2 atom stereocenters. The van der Waals surface area contributed by atoms with Crippen molar-refractivity contribution in [3.05, 3.63) is 26.3 Å². The topological polar surface area (TPSA) is 49.0 Å². The van der Waals surface area contributed by atoms with Crippen molar-refractivity contribution in [2.75, 3.05) is 7.05 Å². The van der Waals surface area contributed by atoms with Crippen LogP contribution in [0.5, 0.6) is 0 Å². The van der Waals surface area contributed by atoms with E-state index in [-0.39, 0.29) is 5.56 Å². The number of hydrogen-bond donors (Lipinski definition) is 1. The first-order valence-corrected chi connectivity index (χ1v) is 7.90. The van der Waals surface area contributed by atoms with Gasteiger partial charge in [0.25, 0.3) is 5.56 Å². The third-order valence-corrected chi connectivity index (χ3v) is 5.59. The maximum absolute atomic E-state index is 12.0. The van der Waals surface area contributed by atoms with Crippen LogP contribution in [0.25, 0.3) is 0 Å². The molecule has 0 amide bonds. The standard InChI is InChI=1S/C14H20BrN3O/c1-3-11-12(15)14(19)17-13(16-11)8-6-9-4-5-10(7-8)18(9)2/h8-10H,3-7H2,1-2H3,(H,16,17,19). The average molecular weight is 326 g/mol. The molecule has 2 aliphatic rings. The van der Waals surface area contributed by atoms with E-state index < -0.39 is 0 Å². The minimum atomic E-state index is -0.0341. The van der Waals surface area contributed by atoms with Gasteiger partial charge in [0.05, 0.1) is 5.69 Å². The van der Waals surface area contributed by atoms with Gasteiger partial charge in [-0.05, 0) is 55.1 Å². The summed E-state index contributed by atoms with van der Waals surface area (Å²) in [5.41, 5.74) is 0.846. The average Bonchev–Trinajstić information content (AvgIpc) is 2.64. The van der Waals surface area contributed by atoms with Gasteiger partial charge in [0.15, 0.2) is 0 Å². The first-order chi connectivity index (χ1) is 9.10. The highest BCUT2D eigenvalue weighted by Gasteiger charge is 2.39. The molecule has 1 N–H and O–H groups in total. The highest BCUT2D eigenvalue weighted by molar-refractivity contribution is 9.10. The maximum Gasteiger partial charge on any atom is 0.265 e. The summed E-state index contributed by atoms with van der Waals surface area (Å²) in [6.45, 7) is 2.04. The van der Waals surface area contributed by atoms with Gasteiger partial charge < -0.3 is 9.88 Å². The second-order valence-corrected chi connectivity index (χ2v) is 6.58. The summed E-state index contributed by atoms with van der Waals surface area (Å²) >= 11 is 3.33. The van der Waals surface area contributed by atoms with Crippen molar-refractivity contribution in [3.63, 3.8) is 0 Å². The lowest BCUT2D eigenvalue weighted by Crippen LogP contribution is -2.39. The van der Waals surface area contributed by atoms with Crippen molar-refractivity contribution in [2.24, 2.45) is 0 Å². The number of piperidine rings is 1. The zero-order valence-electron chi connectivity index (χ0n) is 11.4. The Morgan fingerprint density at radius 1 is 1.37 bits per heavy atom. The Morgan fingerprint density at radius 3 is 2.58 bits per heavy atom. The quantitative estimate of drug-likeness (QED) is 0.908. The fourth-order valence-corrected chi connectivity index (χ4v) is 4.06. The molecule has 0 radical (unpaired) electrons. The van der Waals surface area contributed by atoms with Crippen LogP contribution in [0.2, 0.25) is 0 Å². The summed E-state index contributed by atoms with van der Waals surface area (Å²) in [5, 5.41) is 0. The maximum atomic E-state index is 12.0. The number of aryl methyl sites for hydroxylation is 1. The third kappa shape index (κ3) is 2.27. The fraction of sp³-hybridized carbons (Fsp3) is 0.714. The van der Waals surface area contributed by atoms with Crippen LogP contribution in [0.1, 0.15) is 50.0 Å². The predicted molar refractivity (Wildman–Crippen MR) is 78.5 cm³/mol. The first-order valence-electron chi connectivity index (χ1n) is 7.10. The zero-order valence-corrected chi connectivity index (χ0v) is 13.0. The number of hydrogen-bond acceptors (Lipinski definition) is 3. The van der Waals surface area contributed by atoms with Gasteiger partial charge in [0.1, 0.15) is 10.3 Å². The Bertz CT molecular complexity index is 528. The summed E-state index contributed by atoms with van der Waals surface area (Å²) in [7, 11) is 2.23. The van der Waals surface area contributed by atoms with E-state index >= 15 is 0 Å². The van der Waals surface area contributed by atoms with Crippen LogP contribution in [0.3, 0.4) is 0 Å². The number of rotatable bonds is 2. The molecular formula is C14H20BrN3O. The van der Waals surface area contributed by atoms with Gasteiger partial charge in [-0.25, -0.2) is 4.98 Å². The molecule has 2 saturated heterocycles. The van der Waals surface area contributed by atoms with Crippen molar-refractivity contribution >= 4 is 15.9 Å². The molecule has 0 spiro atoms. The number of fused-ring (bicyclic) bond motifs is 2. The summed E-state index contributed by atoms with van der Waals surface area (Å²) < 4.78 is 0.592. The second-order valence-electron chi connectivity index (χ2n) is 5.78. The van der Waals surface area contributed by atoms with Crippen molar-refractivity contribution in [2.45, 2.75) is 57.0 Å². The van der Waals surface area contributed by atoms with E-state index in [1.807, 2.05) is 6.92 Å². The van der Waals surface area contributed by atoms with Crippen LogP contribution in [0.15, 0.2) is 9.27 Å². The van der Waals surface area contributed by atoms with E-state index in [4.69, 9.17) is 0 Å². The van der Waals surface area contributed by atoms with Gasteiger partial charge in [0.2, 0.25) is 0 Å². The first kappa shape index (κ1) is 13.3. The van der Waals surface area contributed by atoms with Gasteiger partial charge >= 0.3 is 0 Å². The zero-order chi connectivity index (χ0) is 13.6. The monoisotopic (exact) mass is 325 g/mol. The van der Waals surface area contributed by atoms with Gasteiger partial charge in [0, 0.05) is 18.0 Å². The molecular weight excluding hydrogens is 306 g/mol. The molecule has 2 aliphatic heterocycles. The molecule has 0 saturated carbocycles. The van der Waals surface area contributed by atoms with Crippen molar-refractivity contribution in [1.82, 2.24) is 14.9 Å². The van der Waals surface area contributed by atoms with E-state index in [0.717, 1.165) is 30.8 Å². The van der Waals surface area contributed by atoms with Gasteiger partial charge in [-0.1, -0.05) is 6.92 Å². The molecule has 2 unspecified atom stereocenters. The number of nitrogens with zero attached hydrogens (tertiary/aromatic N) is 2. The minimum Gasteiger partial charge on any atom is -0.309 e. The summed E-state index contributed by atoms with van der Waals surface area (Å²) in [6, 6.07) is 1.34. The van der Waals surface area contributed by atoms with Crippen LogP contribution in [-0.4, -0.2) is 34.0 Å². The lowest BCUT2D eigenvalue weighted by molar-refractivity contribution is 0.158. The molecule has 1 aromatic rings. The molecule has 19 heavy (non-hydrogen) atoms. The van der Waals surface area contributed by atoms with Crippen LogP contribution in [-0.2, 0) is 6.42 Å². The fourth-order valence-electron chi connectivity index (χ4n) is 3.59. The van der Waals surface area contributed by atoms with E-state index in [1.54, 1.807) is 0 Å². The Balaban J connectivity index is 1.91. The van der Waals surface area contributed by atoms with Crippen LogP contribution >= 0.6 is 15.9 Å². The van der Waals surface area contributed by atoms with E-state index in [2.05, 4.69) is 37.8 Å². The Labute approximate surface area is 121 Å². The number of halogens is 1. The van der Waals surface area contributed by atoms with Gasteiger partial charge in [-0.15, -0.1) is 0 Å². The molecule has 0 aromatic carbocycles. The second kappa shape index (κ2) is 5.02. The summed E-state index contributed by atoms with van der Waals surface area (Å²) in [5.74, 6) is 1.31. The van der Waals surface area contributed by atoms with Crippen LogP contribution in [0, 0.1) is 0 Å². The smallest absolute Gasteiger partial charge is 0.265 e. The van der Waals surface area contributed by atoms with E-state index in [1.165, 1.54) is 12.8 Å². The largest absolute Gasteiger partial charge is 0.309 e. The van der Waals surface area contributed by atoms with E-state index in [9.17, 15) is 4.79 Å². The minimum absolute atomic E-state index is 0.0341. The predicted octanol–water partition coefficient (Wildman–Crippen LogP) is 2.43. The number of nitrogens with one attached hydrogen (secondary N) is 1. The number of aromatic amines is 1. The van der Waals surface area contributed by atoms with Crippen molar-refractivity contribution in [1.29, 1.82) is 0 Å². The van der Waals surface area contributed by atoms with E-state index in [0.29, 0.717) is 22.5 Å². The Kier molecular flexibility index (Phi) is 3.52. The van der Waals surface area contributed by atoms with Gasteiger partial charge in [-0.2, -0.15) is 0 Å². The van der Waals surface area contributed by atoms with Gasteiger partial charge in [-0.3, -0.25) is 4.79 Å². The molecule has 4 nitrogen and oxygen atoms in total. The SMILES string of the molecule is CCc1nc(C2CC3CCC(C2)N3C)[nH]c(=O)c1Br. The number of H-pyrrole nitrogens is 1. The van der Waals surface area contributed by atoms with Crippen molar-refractivity contribution < 1.29 is 0 Å².